The van der Waals surface area contributed by atoms with E-state index in [1.54, 1.807) is 26.4 Å². The van der Waals surface area contributed by atoms with Gasteiger partial charge in [-0.15, -0.1) is 6.58 Å². The van der Waals surface area contributed by atoms with Crippen molar-refractivity contribution in [3.63, 3.8) is 0 Å². The van der Waals surface area contributed by atoms with Crippen LogP contribution >= 0.6 is 0 Å². The molecule has 0 fully saturated rings. The highest BCUT2D eigenvalue weighted by Gasteiger charge is 2.27. The van der Waals surface area contributed by atoms with Crippen LogP contribution in [-0.2, 0) is 20.6 Å². The molecule has 148 valence electrons. The molecule has 3 atom stereocenters. The molecule has 0 aliphatic carbocycles. The van der Waals surface area contributed by atoms with Crippen molar-refractivity contribution >= 4 is 5.97 Å². The lowest BCUT2D eigenvalue weighted by Gasteiger charge is -2.28. The molecule has 1 aromatic rings. The van der Waals surface area contributed by atoms with Gasteiger partial charge in [0.1, 0.15) is 24.2 Å². The number of carbonyl (C=O) groups is 1. The molecule has 2 rings (SSSR count). The molecule has 0 N–H and O–H groups in total. The first-order valence-electron chi connectivity index (χ1n) is 9.34. The summed E-state index contributed by atoms with van der Waals surface area (Å²) in [5, 5.41) is 0. The van der Waals surface area contributed by atoms with Gasteiger partial charge in [0.2, 0.25) is 0 Å². The maximum atomic E-state index is 13.0. The summed E-state index contributed by atoms with van der Waals surface area (Å²) in [6, 6.07) is 5.61. The smallest absolute Gasteiger partial charge is 0.342 e. The topological polar surface area (TPSA) is 54.0 Å². The Morgan fingerprint density at radius 1 is 1.30 bits per heavy atom. The van der Waals surface area contributed by atoms with Gasteiger partial charge in [0, 0.05) is 20.0 Å². The van der Waals surface area contributed by atoms with Crippen LogP contribution in [-0.4, -0.2) is 39.2 Å². The average molecular weight is 374 g/mol. The number of ether oxygens (including phenoxy) is 4. The third-order valence-electron chi connectivity index (χ3n) is 4.78. The zero-order valence-corrected chi connectivity index (χ0v) is 16.5. The maximum Gasteiger partial charge on any atom is 0.342 e. The summed E-state index contributed by atoms with van der Waals surface area (Å²) < 4.78 is 22.2. The summed E-state index contributed by atoms with van der Waals surface area (Å²) in [7, 11) is 3.16. The Morgan fingerprint density at radius 3 is 2.81 bits per heavy atom. The molecule has 0 aromatic heterocycles. The van der Waals surface area contributed by atoms with E-state index in [1.807, 2.05) is 12.1 Å². The average Bonchev–Trinajstić information content (AvgIpc) is 2.67. The van der Waals surface area contributed by atoms with E-state index in [9.17, 15) is 4.79 Å². The Bertz CT molecular complexity index is 652. The number of hydrogen-bond donors (Lipinski definition) is 0. The van der Waals surface area contributed by atoms with E-state index >= 15 is 0 Å². The highest BCUT2D eigenvalue weighted by molar-refractivity contribution is 5.94. The first kappa shape index (κ1) is 21.2. The van der Waals surface area contributed by atoms with E-state index < -0.39 is 0 Å². The second kappa shape index (κ2) is 10.9. The lowest BCUT2D eigenvalue weighted by molar-refractivity contribution is -0.102. The Hall–Kier alpha value is -2.11. The minimum Gasteiger partial charge on any atom is -0.496 e. The second-order valence-corrected chi connectivity index (χ2v) is 6.78. The van der Waals surface area contributed by atoms with Crippen LogP contribution in [0.3, 0.4) is 0 Å². The Balaban J connectivity index is 2.36. The van der Waals surface area contributed by atoms with Crippen molar-refractivity contribution in [1.29, 1.82) is 0 Å². The maximum absolute atomic E-state index is 13.0. The number of methoxy groups -OCH3 is 2. The standard InChI is InChI=1S/C22H30O5/c1-5-9-18-14-20(26-15-24-3)16(2)10-6-7-11-17-12-8-13-19(25-4)21(17)22(23)27-18/h5-8,12-13,16,18,20H,1,9-11,14-15H2,2-4H3/b7-6+. The van der Waals surface area contributed by atoms with Gasteiger partial charge in [-0.1, -0.05) is 37.3 Å². The molecule has 1 heterocycles. The molecule has 5 nitrogen and oxygen atoms in total. The number of benzene rings is 1. The molecule has 0 saturated heterocycles. The second-order valence-electron chi connectivity index (χ2n) is 6.78. The summed E-state index contributed by atoms with van der Waals surface area (Å²) in [5.74, 6) is 0.425. The molecule has 0 bridgehead atoms. The van der Waals surface area contributed by atoms with Crippen molar-refractivity contribution in [2.24, 2.45) is 5.92 Å². The summed E-state index contributed by atoms with van der Waals surface area (Å²) in [4.78, 5) is 13.0. The van der Waals surface area contributed by atoms with E-state index in [0.29, 0.717) is 30.6 Å². The summed E-state index contributed by atoms with van der Waals surface area (Å²) in [6.07, 6.45) is 8.26. The number of carbonyl (C=O) groups excluding carboxylic acids is 1. The predicted octanol–water partition coefficient (Wildman–Crippen LogP) is 4.31. The van der Waals surface area contributed by atoms with E-state index in [4.69, 9.17) is 18.9 Å². The minimum absolute atomic E-state index is 0.0797. The van der Waals surface area contributed by atoms with Crippen LogP contribution in [0.25, 0.3) is 0 Å². The molecule has 1 aromatic carbocycles. The molecule has 5 heteroatoms. The van der Waals surface area contributed by atoms with Gasteiger partial charge in [0.25, 0.3) is 0 Å². The van der Waals surface area contributed by atoms with Crippen molar-refractivity contribution < 1.29 is 23.7 Å². The summed E-state index contributed by atoms with van der Waals surface area (Å²) >= 11 is 0. The van der Waals surface area contributed by atoms with Gasteiger partial charge in [0.15, 0.2) is 0 Å². The zero-order valence-electron chi connectivity index (χ0n) is 16.5. The number of fused-ring (bicyclic) bond motifs is 1. The molecular weight excluding hydrogens is 344 g/mol. The summed E-state index contributed by atoms with van der Waals surface area (Å²) in [6.45, 7) is 6.15. The van der Waals surface area contributed by atoms with Crippen LogP contribution in [0, 0.1) is 5.92 Å². The fourth-order valence-corrected chi connectivity index (χ4v) is 3.29. The van der Waals surface area contributed by atoms with E-state index in [0.717, 1.165) is 12.0 Å². The SMILES string of the molecule is C=CCC1CC(OCOC)C(C)C/C=C/Cc2cccc(OC)c2C(=O)O1. The van der Waals surface area contributed by atoms with Crippen LogP contribution in [0.5, 0.6) is 5.75 Å². The molecular formula is C22H30O5. The number of hydrogen-bond acceptors (Lipinski definition) is 5. The Morgan fingerprint density at radius 2 is 2.11 bits per heavy atom. The molecule has 1 aliphatic rings. The van der Waals surface area contributed by atoms with Crippen molar-refractivity contribution in [2.75, 3.05) is 21.0 Å². The van der Waals surface area contributed by atoms with Gasteiger partial charge in [0.05, 0.1) is 13.2 Å². The minimum atomic E-state index is -0.374. The molecule has 0 spiro atoms. The van der Waals surface area contributed by atoms with Crippen molar-refractivity contribution in [2.45, 2.75) is 44.8 Å². The van der Waals surface area contributed by atoms with Crippen LogP contribution in [0.15, 0.2) is 43.0 Å². The van der Waals surface area contributed by atoms with Gasteiger partial charge in [-0.05, 0) is 30.4 Å². The number of allylic oxidation sites excluding steroid dienone is 2. The highest BCUT2D eigenvalue weighted by Crippen LogP contribution is 2.28. The fourth-order valence-electron chi connectivity index (χ4n) is 3.29. The van der Waals surface area contributed by atoms with Gasteiger partial charge in [-0.2, -0.15) is 0 Å². The Kier molecular flexibility index (Phi) is 8.55. The first-order chi connectivity index (χ1) is 13.1. The van der Waals surface area contributed by atoms with Crippen molar-refractivity contribution in [1.82, 2.24) is 0 Å². The summed E-state index contributed by atoms with van der Waals surface area (Å²) in [5.41, 5.74) is 1.38. The van der Waals surface area contributed by atoms with Gasteiger partial charge in [-0.25, -0.2) is 4.79 Å². The molecule has 0 saturated carbocycles. The highest BCUT2D eigenvalue weighted by atomic mass is 16.7. The van der Waals surface area contributed by atoms with Gasteiger partial charge in [-0.3, -0.25) is 0 Å². The largest absolute Gasteiger partial charge is 0.496 e. The van der Waals surface area contributed by atoms with Crippen molar-refractivity contribution in [3.05, 3.63) is 54.1 Å². The molecule has 0 amide bonds. The van der Waals surface area contributed by atoms with Crippen LogP contribution in [0.2, 0.25) is 0 Å². The van der Waals surface area contributed by atoms with Crippen LogP contribution in [0.1, 0.15) is 42.1 Å². The quantitative estimate of drug-likeness (QED) is 0.422. The molecule has 3 unspecified atom stereocenters. The normalized spacial score (nSPS) is 24.7. The monoisotopic (exact) mass is 374 g/mol. The van der Waals surface area contributed by atoms with Crippen molar-refractivity contribution in [3.8, 4) is 5.75 Å². The Labute approximate surface area is 162 Å². The zero-order chi connectivity index (χ0) is 19.6. The predicted molar refractivity (Wildman–Crippen MR) is 105 cm³/mol. The van der Waals surface area contributed by atoms with Gasteiger partial charge >= 0.3 is 5.97 Å². The molecule has 1 aliphatic heterocycles. The number of rotatable bonds is 6. The van der Waals surface area contributed by atoms with E-state index in [-0.39, 0.29) is 30.9 Å². The van der Waals surface area contributed by atoms with E-state index in [1.165, 1.54) is 0 Å². The lowest BCUT2D eigenvalue weighted by Crippen LogP contribution is -2.31. The number of esters is 1. The third kappa shape index (κ3) is 5.94. The molecule has 0 radical (unpaired) electrons. The van der Waals surface area contributed by atoms with Crippen LogP contribution < -0.4 is 4.74 Å². The fraction of sp³-hybridized carbons (Fsp3) is 0.500. The lowest BCUT2D eigenvalue weighted by atomic mass is 9.93. The first-order valence-corrected chi connectivity index (χ1v) is 9.34. The van der Waals surface area contributed by atoms with E-state index in [2.05, 4.69) is 25.7 Å². The number of cyclic esters (lactones) is 1. The molecule has 27 heavy (non-hydrogen) atoms. The van der Waals surface area contributed by atoms with Crippen LogP contribution in [0.4, 0.5) is 0 Å². The third-order valence-corrected chi connectivity index (χ3v) is 4.78. The van der Waals surface area contributed by atoms with Gasteiger partial charge < -0.3 is 18.9 Å².